The Labute approximate surface area is 139 Å². The lowest BCUT2D eigenvalue weighted by Crippen LogP contribution is -2.56. The Morgan fingerprint density at radius 2 is 1.59 bits per heavy atom. The second-order valence-electron chi connectivity index (χ2n) is 7.21. The van der Waals surface area contributed by atoms with E-state index in [4.69, 9.17) is 16.3 Å². The summed E-state index contributed by atoms with van der Waals surface area (Å²) in [6, 6.07) is 7.36. The molecule has 2 saturated heterocycles. The first kappa shape index (κ1) is 16.1. The molecule has 1 aromatic rings. The van der Waals surface area contributed by atoms with Gasteiger partial charge < -0.3 is 4.74 Å². The topological polar surface area (TPSA) is 15.7 Å². The Morgan fingerprint density at radius 3 is 2.18 bits per heavy atom. The van der Waals surface area contributed by atoms with Crippen LogP contribution in [0.1, 0.15) is 39.2 Å². The van der Waals surface area contributed by atoms with Gasteiger partial charge in [0.05, 0.1) is 0 Å². The molecule has 0 aromatic heterocycles. The van der Waals surface area contributed by atoms with Gasteiger partial charge in [-0.25, -0.2) is 0 Å². The number of hydrogen-bond donors (Lipinski definition) is 0. The lowest BCUT2D eigenvalue weighted by molar-refractivity contribution is -0.00141. The van der Waals surface area contributed by atoms with Gasteiger partial charge in [-0.3, -0.25) is 9.80 Å². The minimum Gasteiger partial charge on any atom is -0.487 e. The molecule has 0 N–H and O–H groups in total. The second-order valence-corrected chi connectivity index (χ2v) is 7.65. The lowest BCUT2D eigenvalue weighted by Gasteiger charge is -2.44. The SMILES string of the molecule is CC(C)N1CC(Oc2cc(Cl)ccc2C2CN(C(C)C)C2)C1. The normalized spacial score (nSPS) is 21.2. The van der Waals surface area contributed by atoms with Crippen molar-refractivity contribution < 1.29 is 4.74 Å². The summed E-state index contributed by atoms with van der Waals surface area (Å²) in [5, 5.41) is 0.763. The number of nitrogens with zero attached hydrogens (tertiary/aromatic N) is 2. The average Bonchev–Trinajstić information content (AvgIpc) is 2.32. The first-order valence-electron chi connectivity index (χ1n) is 8.38. The van der Waals surface area contributed by atoms with E-state index in [0.29, 0.717) is 24.1 Å². The highest BCUT2D eigenvalue weighted by Gasteiger charge is 2.34. The monoisotopic (exact) mass is 322 g/mol. The van der Waals surface area contributed by atoms with Gasteiger partial charge in [-0.15, -0.1) is 0 Å². The van der Waals surface area contributed by atoms with Crippen molar-refractivity contribution in [1.29, 1.82) is 0 Å². The quantitative estimate of drug-likeness (QED) is 0.823. The number of rotatable bonds is 5. The van der Waals surface area contributed by atoms with E-state index in [1.165, 1.54) is 5.56 Å². The highest BCUT2D eigenvalue weighted by atomic mass is 35.5. The van der Waals surface area contributed by atoms with Crippen molar-refractivity contribution in [2.24, 2.45) is 0 Å². The smallest absolute Gasteiger partial charge is 0.124 e. The zero-order chi connectivity index (χ0) is 15.9. The number of likely N-dealkylation sites (tertiary alicyclic amines) is 2. The summed E-state index contributed by atoms with van der Waals surface area (Å²) < 4.78 is 6.25. The van der Waals surface area contributed by atoms with Crippen LogP contribution < -0.4 is 4.74 Å². The van der Waals surface area contributed by atoms with Gasteiger partial charge in [0.1, 0.15) is 11.9 Å². The van der Waals surface area contributed by atoms with Crippen LogP contribution in [0.2, 0.25) is 5.02 Å². The molecule has 2 heterocycles. The fraction of sp³-hybridized carbons (Fsp3) is 0.667. The maximum absolute atomic E-state index is 6.25. The van der Waals surface area contributed by atoms with Gasteiger partial charge in [0, 0.05) is 49.2 Å². The van der Waals surface area contributed by atoms with Crippen molar-refractivity contribution in [2.45, 2.75) is 51.8 Å². The van der Waals surface area contributed by atoms with Gasteiger partial charge >= 0.3 is 0 Å². The van der Waals surface area contributed by atoms with E-state index >= 15 is 0 Å². The molecule has 0 spiro atoms. The molecule has 22 heavy (non-hydrogen) atoms. The van der Waals surface area contributed by atoms with E-state index in [0.717, 1.165) is 37.0 Å². The molecule has 1 aromatic carbocycles. The highest BCUT2D eigenvalue weighted by molar-refractivity contribution is 6.30. The molecule has 0 amide bonds. The maximum Gasteiger partial charge on any atom is 0.124 e. The summed E-state index contributed by atoms with van der Waals surface area (Å²) >= 11 is 6.18. The Balaban J connectivity index is 1.65. The minimum absolute atomic E-state index is 0.306. The molecule has 0 radical (unpaired) electrons. The zero-order valence-corrected chi connectivity index (χ0v) is 14.8. The third kappa shape index (κ3) is 3.27. The number of ether oxygens (including phenoxy) is 1. The summed E-state index contributed by atoms with van der Waals surface area (Å²) in [6.45, 7) is 13.3. The van der Waals surface area contributed by atoms with Crippen LogP contribution in [0.5, 0.6) is 5.75 Å². The van der Waals surface area contributed by atoms with Crippen LogP contribution >= 0.6 is 11.6 Å². The molecule has 4 heteroatoms. The van der Waals surface area contributed by atoms with Gasteiger partial charge in [-0.2, -0.15) is 0 Å². The van der Waals surface area contributed by atoms with Crippen molar-refractivity contribution in [2.75, 3.05) is 26.2 Å². The molecule has 0 saturated carbocycles. The molecular formula is C18H27ClN2O. The third-order valence-electron chi connectivity index (χ3n) is 4.96. The molecule has 122 valence electrons. The Morgan fingerprint density at radius 1 is 1.00 bits per heavy atom. The standard InChI is InChI=1S/C18H27ClN2O/c1-12(2)20-8-14(9-20)17-6-5-15(19)7-18(17)22-16-10-21(11-16)13(3)4/h5-7,12-14,16H,8-11H2,1-4H3. The van der Waals surface area contributed by atoms with Crippen molar-refractivity contribution >= 4 is 11.6 Å². The maximum atomic E-state index is 6.25. The van der Waals surface area contributed by atoms with Crippen molar-refractivity contribution in [3.8, 4) is 5.75 Å². The number of hydrogen-bond acceptors (Lipinski definition) is 3. The summed E-state index contributed by atoms with van der Waals surface area (Å²) in [7, 11) is 0. The zero-order valence-electron chi connectivity index (χ0n) is 14.1. The molecule has 0 bridgehead atoms. The van der Waals surface area contributed by atoms with Gasteiger partial charge in [-0.05, 0) is 45.4 Å². The predicted molar refractivity (Wildman–Crippen MR) is 92.0 cm³/mol. The minimum atomic E-state index is 0.306. The largest absolute Gasteiger partial charge is 0.487 e. The summed E-state index contributed by atoms with van der Waals surface area (Å²) in [5.74, 6) is 1.57. The summed E-state index contributed by atoms with van der Waals surface area (Å²) in [6.07, 6.45) is 0.306. The lowest BCUT2D eigenvalue weighted by atomic mass is 9.89. The van der Waals surface area contributed by atoms with E-state index in [9.17, 15) is 0 Å². The Bertz CT molecular complexity index is 520. The van der Waals surface area contributed by atoms with Crippen LogP contribution in [0.15, 0.2) is 18.2 Å². The fourth-order valence-electron chi connectivity index (χ4n) is 3.22. The first-order valence-corrected chi connectivity index (χ1v) is 8.76. The van der Waals surface area contributed by atoms with E-state index in [-0.39, 0.29) is 0 Å². The van der Waals surface area contributed by atoms with Crippen LogP contribution in [-0.4, -0.2) is 54.2 Å². The van der Waals surface area contributed by atoms with Crippen LogP contribution in [0, 0.1) is 0 Å². The van der Waals surface area contributed by atoms with Crippen LogP contribution in [0.25, 0.3) is 0 Å². The van der Waals surface area contributed by atoms with Crippen molar-refractivity contribution in [3.05, 3.63) is 28.8 Å². The van der Waals surface area contributed by atoms with Crippen LogP contribution in [-0.2, 0) is 0 Å². The van der Waals surface area contributed by atoms with Gasteiger partial charge in [-0.1, -0.05) is 17.7 Å². The van der Waals surface area contributed by atoms with Gasteiger partial charge in [0.15, 0.2) is 0 Å². The highest BCUT2D eigenvalue weighted by Crippen LogP contribution is 2.37. The average molecular weight is 323 g/mol. The van der Waals surface area contributed by atoms with Crippen LogP contribution in [0.3, 0.4) is 0 Å². The molecule has 2 aliphatic heterocycles. The number of benzene rings is 1. The fourth-order valence-corrected chi connectivity index (χ4v) is 3.39. The number of halogens is 1. The molecule has 2 aliphatic rings. The van der Waals surface area contributed by atoms with Crippen molar-refractivity contribution in [3.63, 3.8) is 0 Å². The molecule has 0 aliphatic carbocycles. The van der Waals surface area contributed by atoms with E-state index in [1.807, 2.05) is 12.1 Å². The first-order chi connectivity index (χ1) is 10.4. The molecule has 0 unspecified atom stereocenters. The summed E-state index contributed by atoms with van der Waals surface area (Å²) in [5.41, 5.74) is 1.32. The second kappa shape index (κ2) is 6.38. The van der Waals surface area contributed by atoms with E-state index in [2.05, 4.69) is 43.6 Å². The predicted octanol–water partition coefficient (Wildman–Crippen LogP) is 3.62. The summed E-state index contributed by atoms with van der Waals surface area (Å²) in [4.78, 5) is 4.92. The Kier molecular flexibility index (Phi) is 4.67. The molecule has 3 nitrogen and oxygen atoms in total. The molecule has 2 fully saturated rings. The van der Waals surface area contributed by atoms with E-state index < -0.39 is 0 Å². The van der Waals surface area contributed by atoms with Crippen molar-refractivity contribution in [1.82, 2.24) is 9.80 Å². The molecular weight excluding hydrogens is 296 g/mol. The Hall–Kier alpha value is -0.770. The van der Waals surface area contributed by atoms with Crippen LogP contribution in [0.4, 0.5) is 0 Å². The molecule has 0 atom stereocenters. The third-order valence-corrected chi connectivity index (χ3v) is 5.19. The molecule has 3 rings (SSSR count). The van der Waals surface area contributed by atoms with Gasteiger partial charge in [0.25, 0.3) is 0 Å². The van der Waals surface area contributed by atoms with Gasteiger partial charge in [0.2, 0.25) is 0 Å². The van der Waals surface area contributed by atoms with E-state index in [1.54, 1.807) is 0 Å².